The Morgan fingerprint density at radius 3 is 1.10 bits per heavy atom. The molecule has 30 heteroatoms. The molecule has 0 aliphatic rings. The summed E-state index contributed by atoms with van der Waals surface area (Å²) in [6.45, 7) is 67.7. The molecule has 4 heterocycles. The smallest absolute Gasteiger partial charge is 0.220 e. The number of hydrogen-bond acceptors (Lipinski definition) is 29. The van der Waals surface area contributed by atoms with E-state index in [9.17, 15) is 43.2 Å². The number of para-hydroxylation sites is 3. The highest BCUT2D eigenvalue weighted by Gasteiger charge is 2.28. The first-order valence-electron chi connectivity index (χ1n) is 48.0. The Kier molecular flexibility index (Phi) is 65.1. The molecule has 19 nitrogen and oxygen atoms in total. The zero-order valence-electron chi connectivity index (χ0n) is 92.6. The Hall–Kier alpha value is -6.52. The van der Waals surface area contributed by atoms with Crippen LogP contribution in [0, 0.1) is 48.7 Å². The van der Waals surface area contributed by atoms with Crippen LogP contribution in [-0.4, -0.2) is 210 Å². The standard InChI is InChI=1S/2C13H15NOS2.C13H18O2S.C12H15BrOS.C12H25NOS.C12H16OS.C11H15NOS.C10H21NOS.C9H17NO.C8H13N3/c2*1-13(2,3)11(15)8-16-12-14-9-6-4-5-7-10(9)17-12;1-13(2,3)12(14)9-16-10-15-11-7-5-4-6-8-11;1-12(2,3)11(14)8-15-10-6-4-5-9(13)7-10;1-6-13(7-2)8-9-15-10-11(14)12(3,4)5;1-12(2,3)11(13)9-14-10-7-5-4-6-8-10;1-11(2,3)9(13)8-14-10-6-4-5-7-12-10;1-10(2,3)9(12)8-13-7-6-11(4)5;1-9(2,3)8(11)6-7-10(4)5;1-8(2,3)6-4-5-10-7(9)11-6/h2*4-7H,8H2,1-3H3;4-8H,9-10H2,1-3H3;4-7H,8H2,1-3H3;6-10H2,1-5H3;4-8H,9H2,1-3H3;4-7H,8H2,1-3H3;6-8H2,1-5H3;6-7H,1-5H3;4-5H,1-3H3,(H2,9,10,11)/b;;;;;;;;7-6+;. The molecule has 0 spiro atoms. The molecule has 0 amide bonds. The highest BCUT2D eigenvalue weighted by Crippen LogP contribution is 2.35. The molecule has 0 fully saturated rings. The molecule has 2 N–H and O–H groups in total. The Labute approximate surface area is 911 Å². The maximum absolute atomic E-state index is 11.8. The molecular formula is C113H170BrN9O10S10. The number of halogens is 1. The van der Waals surface area contributed by atoms with Gasteiger partial charge in [-0.15, -0.1) is 58.0 Å². The molecule has 5 aromatic carbocycles. The van der Waals surface area contributed by atoms with E-state index in [0.29, 0.717) is 75.3 Å². The third-order valence-electron chi connectivity index (χ3n) is 19.7. The van der Waals surface area contributed by atoms with Crippen LogP contribution in [0.1, 0.15) is 227 Å². The van der Waals surface area contributed by atoms with E-state index in [1.54, 1.807) is 94.4 Å². The number of rotatable bonds is 34. The summed E-state index contributed by atoms with van der Waals surface area (Å²) >= 11 is 19.5. The predicted octanol–water partition coefficient (Wildman–Crippen LogP) is 29.3. The molecule has 794 valence electrons. The monoisotopic (exact) mass is 2210 g/mol. The minimum atomic E-state index is -0.260. The van der Waals surface area contributed by atoms with Crippen molar-refractivity contribution in [1.82, 2.24) is 39.6 Å². The van der Waals surface area contributed by atoms with Crippen molar-refractivity contribution in [2.75, 3.05) is 124 Å². The van der Waals surface area contributed by atoms with Gasteiger partial charge >= 0.3 is 0 Å². The number of carbonyl (C=O) groups excluding carboxylic acids is 9. The number of nitrogens with zero attached hydrogens (tertiary/aromatic N) is 8. The van der Waals surface area contributed by atoms with E-state index in [2.05, 4.69) is 97.4 Å². The number of benzene rings is 5. The van der Waals surface area contributed by atoms with E-state index >= 15 is 0 Å². The molecule has 0 unspecified atom stereocenters. The fraction of sp³-hybridized carbons (Fsp3) is 0.540. The van der Waals surface area contributed by atoms with Crippen LogP contribution < -0.4 is 10.5 Å². The van der Waals surface area contributed by atoms with Crippen LogP contribution in [0.5, 0.6) is 5.75 Å². The number of nitrogens with two attached hydrogens (primary N) is 1. The average Bonchev–Trinajstić information content (AvgIpc) is 1.66. The number of thioether (sulfide) groups is 8. The second-order valence-electron chi connectivity index (χ2n) is 44.0. The minimum Gasteiger partial charge on any atom is -0.483 e. The Balaban J connectivity index is 0.00000157. The van der Waals surface area contributed by atoms with E-state index in [1.807, 2.05) is 366 Å². The predicted molar refractivity (Wildman–Crippen MR) is 631 cm³/mol. The molecule has 9 rings (SSSR count). The molecule has 0 saturated carbocycles. The van der Waals surface area contributed by atoms with E-state index in [4.69, 9.17) is 10.5 Å². The number of anilines is 1. The summed E-state index contributed by atoms with van der Waals surface area (Å²) in [4.78, 5) is 134. The number of fused-ring (bicyclic) bond motifs is 2. The van der Waals surface area contributed by atoms with Crippen molar-refractivity contribution in [3.05, 3.63) is 193 Å². The zero-order chi connectivity index (χ0) is 110. The van der Waals surface area contributed by atoms with Gasteiger partial charge in [0, 0.05) is 126 Å². The lowest BCUT2D eigenvalue weighted by Crippen LogP contribution is -2.26. The topological polar surface area (TPSA) is 263 Å². The molecule has 0 radical (unpaired) electrons. The highest BCUT2D eigenvalue weighted by molar-refractivity contribution is 9.10. The van der Waals surface area contributed by atoms with Crippen LogP contribution in [0.4, 0.5) is 5.95 Å². The van der Waals surface area contributed by atoms with Gasteiger partial charge in [0.1, 0.15) is 58.0 Å². The quantitative estimate of drug-likeness (QED) is 0.0170. The fourth-order valence-electron chi connectivity index (χ4n) is 9.08. The van der Waals surface area contributed by atoms with Gasteiger partial charge in [-0.3, -0.25) is 43.2 Å². The number of nitrogen functional groups attached to an aromatic ring is 1. The van der Waals surface area contributed by atoms with Crippen LogP contribution in [0.3, 0.4) is 0 Å². The van der Waals surface area contributed by atoms with Crippen molar-refractivity contribution in [2.24, 2.45) is 48.7 Å². The van der Waals surface area contributed by atoms with Gasteiger partial charge in [-0.25, -0.2) is 24.9 Å². The summed E-state index contributed by atoms with van der Waals surface area (Å²) in [5, 5.41) is 0.908. The molecule has 4 aromatic heterocycles. The van der Waals surface area contributed by atoms with Gasteiger partial charge in [-0.1, -0.05) is 346 Å². The number of ketones is 9. The molecule has 0 saturated heterocycles. The number of thiazole rings is 2. The lowest BCUT2D eigenvalue weighted by Gasteiger charge is -2.19. The molecule has 0 atom stereocenters. The van der Waals surface area contributed by atoms with Crippen molar-refractivity contribution in [1.29, 1.82) is 0 Å². The second kappa shape index (κ2) is 68.2. The summed E-state index contributed by atoms with van der Waals surface area (Å²) in [5.41, 5.74) is 6.41. The largest absolute Gasteiger partial charge is 0.483 e. The molecule has 9 aromatic rings. The Morgan fingerprint density at radius 1 is 0.378 bits per heavy atom. The number of hydrogen-bond donors (Lipinski definition) is 1. The number of Topliss-reactive ketones (excluding diaryl/α,β-unsaturated/α-hetero) is 8. The van der Waals surface area contributed by atoms with Crippen LogP contribution in [0.15, 0.2) is 210 Å². The van der Waals surface area contributed by atoms with Crippen LogP contribution in [-0.2, 0) is 48.6 Å². The molecule has 143 heavy (non-hydrogen) atoms. The third kappa shape index (κ3) is 66.5. The van der Waals surface area contributed by atoms with Crippen LogP contribution in [0.2, 0.25) is 0 Å². The zero-order valence-corrected chi connectivity index (χ0v) is 102. The Bertz CT molecular complexity index is 5000. The number of allylic oxidation sites excluding steroid dienone is 1. The maximum atomic E-state index is 11.8. The molecular weight excluding hydrogens is 2040 g/mol. The number of pyridine rings is 1. The van der Waals surface area contributed by atoms with Gasteiger partial charge in [0.15, 0.2) is 14.5 Å². The van der Waals surface area contributed by atoms with Gasteiger partial charge < -0.3 is 25.2 Å². The van der Waals surface area contributed by atoms with Gasteiger partial charge in [0.25, 0.3) is 0 Å². The summed E-state index contributed by atoms with van der Waals surface area (Å²) in [6, 6.07) is 51.4. The fourth-order valence-corrected chi connectivity index (χ4v) is 20.6. The van der Waals surface area contributed by atoms with Crippen molar-refractivity contribution in [3.8, 4) is 5.75 Å². The average molecular weight is 2220 g/mol. The second-order valence-corrected chi connectivity index (χ2v) is 55.6. The van der Waals surface area contributed by atoms with Gasteiger partial charge in [-0.2, -0.15) is 23.5 Å². The van der Waals surface area contributed by atoms with E-state index in [1.165, 1.54) is 56.4 Å². The molecule has 0 aliphatic carbocycles. The van der Waals surface area contributed by atoms with E-state index in [0.717, 1.165) is 88.1 Å². The Morgan fingerprint density at radius 2 is 0.741 bits per heavy atom. The molecule has 0 bridgehead atoms. The number of ether oxygens (including phenoxy) is 1. The summed E-state index contributed by atoms with van der Waals surface area (Å²) in [7, 11) is 7.89. The van der Waals surface area contributed by atoms with Gasteiger partial charge in [0.05, 0.1) is 77.2 Å². The maximum Gasteiger partial charge on any atom is 0.220 e. The van der Waals surface area contributed by atoms with Crippen molar-refractivity contribution in [3.63, 3.8) is 0 Å². The first-order chi connectivity index (χ1) is 65.9. The minimum absolute atomic E-state index is 0.0526. The normalized spacial score (nSPS) is 11.7. The molecule has 0 aliphatic heterocycles. The lowest BCUT2D eigenvalue weighted by molar-refractivity contribution is -0.124. The van der Waals surface area contributed by atoms with Crippen molar-refractivity contribution < 1.29 is 47.9 Å². The third-order valence-corrected chi connectivity index (χ3v) is 30.2. The number of carbonyl (C=O) groups is 9. The summed E-state index contributed by atoms with van der Waals surface area (Å²) < 4.78 is 10.8. The SMILES string of the molecule is CC(C)(C)C(=O)CSCOc1ccccc1.CC(C)(C)C(=O)CSc1cccc(Br)c1.CC(C)(C)C(=O)CSc1ccccc1.CC(C)(C)C(=O)CSc1ccccn1.CC(C)(C)C(=O)CSc1nc2ccccc2s1.CC(C)(C)C(=O)CSc1nc2ccccc2s1.CC(C)(C)c1ccnc(N)n1.CCN(CC)CCSCC(=O)C(C)(C)C.CN(C)/C=C/C(=O)C(C)(C)C.CN(C)CCSCC(=O)C(C)(C)C. The van der Waals surface area contributed by atoms with Crippen molar-refractivity contribution in [2.45, 2.75) is 250 Å². The number of aromatic nitrogens is 5. The summed E-state index contributed by atoms with van der Waals surface area (Å²) in [6.07, 6.45) is 6.81. The first-order valence-corrected chi connectivity index (χ1v) is 58.8. The first kappa shape index (κ1) is 136. The van der Waals surface area contributed by atoms with Crippen molar-refractivity contribution >= 4 is 211 Å². The lowest BCUT2D eigenvalue weighted by atomic mass is 9.91. The van der Waals surface area contributed by atoms with Gasteiger partial charge in [-0.05, 0) is 118 Å². The summed E-state index contributed by atoms with van der Waals surface area (Å²) in [5.74, 6) is 10.7. The van der Waals surface area contributed by atoms with E-state index in [-0.39, 0.29) is 88.8 Å². The van der Waals surface area contributed by atoms with Crippen LogP contribution in [0.25, 0.3) is 20.4 Å². The van der Waals surface area contributed by atoms with E-state index < -0.39 is 0 Å². The highest BCUT2D eigenvalue weighted by atomic mass is 79.9. The van der Waals surface area contributed by atoms with Crippen LogP contribution >= 0.6 is 133 Å². The van der Waals surface area contributed by atoms with Gasteiger partial charge in [0.2, 0.25) is 5.95 Å².